The fourth-order valence-electron chi connectivity index (χ4n) is 3.66. The van der Waals surface area contributed by atoms with Crippen LogP contribution in [0, 0.1) is 18.8 Å². The number of imide groups is 1. The topological polar surface area (TPSA) is 113 Å². The van der Waals surface area contributed by atoms with Crippen LogP contribution < -0.4 is 15.4 Å². The third kappa shape index (κ3) is 3.79. The van der Waals surface area contributed by atoms with Crippen molar-refractivity contribution in [3.63, 3.8) is 0 Å². The molecule has 3 aromatic rings. The lowest BCUT2D eigenvalue weighted by molar-refractivity contribution is -0.124. The van der Waals surface area contributed by atoms with E-state index in [1.54, 1.807) is 36.5 Å². The number of benzene rings is 2. The number of aliphatic hydroxyl groups excluding tert-OH is 1. The highest BCUT2D eigenvalue weighted by Crippen LogP contribution is 2.34. The summed E-state index contributed by atoms with van der Waals surface area (Å²) in [7, 11) is 0. The molecular weight excluding hydrogens is 398 g/mol. The van der Waals surface area contributed by atoms with Gasteiger partial charge in [0.2, 0.25) is 0 Å². The maximum atomic E-state index is 12.8. The number of urea groups is 1. The van der Waals surface area contributed by atoms with Gasteiger partial charge in [-0.1, -0.05) is 41.7 Å². The number of hydrogen-bond donors (Lipinski definition) is 4. The van der Waals surface area contributed by atoms with E-state index in [-0.39, 0.29) is 25.6 Å². The maximum absolute atomic E-state index is 12.8. The van der Waals surface area contributed by atoms with Crippen LogP contribution in [0.25, 0.3) is 10.8 Å². The predicted molar refractivity (Wildman–Crippen MR) is 113 cm³/mol. The molecule has 1 aromatic heterocycles. The summed E-state index contributed by atoms with van der Waals surface area (Å²) in [6, 6.07) is 11.9. The van der Waals surface area contributed by atoms with Crippen molar-refractivity contribution in [2.45, 2.75) is 19.0 Å². The summed E-state index contributed by atoms with van der Waals surface area (Å²) in [6.45, 7) is 1.84. The zero-order chi connectivity index (χ0) is 22.0. The van der Waals surface area contributed by atoms with Gasteiger partial charge in [-0.05, 0) is 30.7 Å². The third-order valence-electron chi connectivity index (χ3n) is 5.24. The molecular formula is C23H21N3O5. The quantitative estimate of drug-likeness (QED) is 0.372. The SMILES string of the molecule is Cc1ccc([C@]2(Cn3cc4cc(OCC#CCO)ccc4c3O)NC(=O)NC2=O)cc1. The summed E-state index contributed by atoms with van der Waals surface area (Å²) in [6.07, 6.45) is 1.70. The van der Waals surface area contributed by atoms with Crippen LogP contribution >= 0.6 is 0 Å². The number of carbonyl (C=O) groups excluding carboxylic acids is 2. The first kappa shape index (κ1) is 20.3. The number of aromatic hydroxyl groups is 1. The molecule has 2 heterocycles. The van der Waals surface area contributed by atoms with Gasteiger partial charge in [-0.3, -0.25) is 10.1 Å². The molecule has 0 radical (unpaired) electrons. The van der Waals surface area contributed by atoms with E-state index in [1.165, 1.54) is 4.57 Å². The molecule has 0 unspecified atom stereocenters. The summed E-state index contributed by atoms with van der Waals surface area (Å²) >= 11 is 0. The van der Waals surface area contributed by atoms with Gasteiger partial charge in [-0.2, -0.15) is 0 Å². The van der Waals surface area contributed by atoms with Gasteiger partial charge in [-0.25, -0.2) is 4.79 Å². The molecule has 158 valence electrons. The lowest BCUT2D eigenvalue weighted by Gasteiger charge is -2.27. The van der Waals surface area contributed by atoms with E-state index in [9.17, 15) is 14.7 Å². The monoisotopic (exact) mass is 419 g/mol. The van der Waals surface area contributed by atoms with Crippen LogP contribution in [-0.4, -0.2) is 39.9 Å². The van der Waals surface area contributed by atoms with Crippen molar-refractivity contribution in [2.75, 3.05) is 13.2 Å². The first-order valence-corrected chi connectivity index (χ1v) is 9.65. The van der Waals surface area contributed by atoms with E-state index in [0.29, 0.717) is 22.1 Å². The maximum Gasteiger partial charge on any atom is 0.322 e. The minimum Gasteiger partial charge on any atom is -0.494 e. The van der Waals surface area contributed by atoms with Gasteiger partial charge < -0.3 is 24.8 Å². The Morgan fingerprint density at radius 2 is 1.90 bits per heavy atom. The molecule has 0 bridgehead atoms. The van der Waals surface area contributed by atoms with Crippen LogP contribution in [0.15, 0.2) is 48.7 Å². The number of rotatable bonds is 5. The van der Waals surface area contributed by atoms with Crippen LogP contribution in [-0.2, 0) is 16.9 Å². The number of amides is 3. The fraction of sp³-hybridized carbons (Fsp3) is 0.217. The molecule has 1 saturated heterocycles. The first-order valence-electron chi connectivity index (χ1n) is 9.65. The number of hydrogen-bond acceptors (Lipinski definition) is 5. The number of aliphatic hydroxyl groups is 1. The second-order valence-corrected chi connectivity index (χ2v) is 7.31. The molecule has 31 heavy (non-hydrogen) atoms. The predicted octanol–water partition coefficient (Wildman–Crippen LogP) is 1.76. The Morgan fingerprint density at radius 3 is 2.58 bits per heavy atom. The molecule has 0 aliphatic carbocycles. The van der Waals surface area contributed by atoms with Crippen molar-refractivity contribution < 1.29 is 24.5 Å². The molecule has 8 nitrogen and oxygen atoms in total. The minimum absolute atomic E-state index is 0.00626. The highest BCUT2D eigenvalue weighted by atomic mass is 16.5. The summed E-state index contributed by atoms with van der Waals surface area (Å²) < 4.78 is 7.07. The average molecular weight is 419 g/mol. The second kappa shape index (κ2) is 8.05. The molecule has 2 aromatic carbocycles. The molecule has 0 spiro atoms. The Hall–Kier alpha value is -3.96. The van der Waals surface area contributed by atoms with Crippen LogP contribution in [0.5, 0.6) is 11.6 Å². The highest BCUT2D eigenvalue weighted by molar-refractivity contribution is 6.07. The average Bonchev–Trinajstić information content (AvgIpc) is 3.21. The van der Waals surface area contributed by atoms with Crippen molar-refractivity contribution in [1.82, 2.24) is 15.2 Å². The Labute approximate surface area is 178 Å². The van der Waals surface area contributed by atoms with E-state index in [1.807, 2.05) is 19.1 Å². The van der Waals surface area contributed by atoms with Crippen LogP contribution in [0.4, 0.5) is 4.79 Å². The van der Waals surface area contributed by atoms with Crippen LogP contribution in [0.2, 0.25) is 0 Å². The van der Waals surface area contributed by atoms with E-state index in [2.05, 4.69) is 22.5 Å². The number of nitrogens with zero attached hydrogens (tertiary/aromatic N) is 1. The van der Waals surface area contributed by atoms with E-state index in [4.69, 9.17) is 9.84 Å². The number of carbonyl (C=O) groups is 2. The summed E-state index contributed by atoms with van der Waals surface area (Å²) in [5.41, 5.74) is 0.288. The number of ether oxygens (including phenoxy) is 1. The lowest BCUT2D eigenvalue weighted by Crippen LogP contribution is -2.47. The van der Waals surface area contributed by atoms with E-state index < -0.39 is 17.5 Å². The second-order valence-electron chi connectivity index (χ2n) is 7.31. The Kier molecular flexibility index (Phi) is 5.28. The van der Waals surface area contributed by atoms with E-state index >= 15 is 0 Å². The zero-order valence-corrected chi connectivity index (χ0v) is 16.8. The Morgan fingerprint density at radius 1 is 1.13 bits per heavy atom. The third-order valence-corrected chi connectivity index (χ3v) is 5.24. The lowest BCUT2D eigenvalue weighted by atomic mass is 9.89. The van der Waals surface area contributed by atoms with Crippen molar-refractivity contribution in [1.29, 1.82) is 0 Å². The first-order chi connectivity index (χ1) is 14.9. The van der Waals surface area contributed by atoms with Crippen LogP contribution in [0.3, 0.4) is 0 Å². The van der Waals surface area contributed by atoms with Gasteiger partial charge in [0.05, 0.1) is 6.54 Å². The molecule has 1 aliphatic heterocycles. The van der Waals surface area contributed by atoms with Crippen LogP contribution in [0.1, 0.15) is 11.1 Å². The minimum atomic E-state index is -1.35. The van der Waals surface area contributed by atoms with Gasteiger partial charge in [0, 0.05) is 17.0 Å². The van der Waals surface area contributed by atoms with Crippen molar-refractivity contribution in [2.24, 2.45) is 0 Å². The zero-order valence-electron chi connectivity index (χ0n) is 16.8. The fourth-order valence-corrected chi connectivity index (χ4v) is 3.66. The molecule has 1 aliphatic rings. The molecule has 4 N–H and O–H groups in total. The standard InChI is InChI=1S/C23H21N3O5/c1-15-4-6-17(7-5-15)23(21(29)24-22(30)25-23)14-26-13-16-12-18(31-11-3-2-10-27)8-9-19(16)20(26)28/h4-9,12-13,27-28H,10-11,14H2,1H3,(H2,24,25,29,30)/t23-/m0/s1. The van der Waals surface area contributed by atoms with Crippen molar-refractivity contribution in [3.8, 4) is 23.5 Å². The normalized spacial score (nSPS) is 17.7. The Bertz CT molecular complexity index is 1220. The van der Waals surface area contributed by atoms with Crippen molar-refractivity contribution >= 4 is 22.7 Å². The smallest absolute Gasteiger partial charge is 0.322 e. The van der Waals surface area contributed by atoms with E-state index in [0.717, 1.165) is 5.56 Å². The largest absolute Gasteiger partial charge is 0.494 e. The molecule has 4 rings (SSSR count). The van der Waals surface area contributed by atoms with Gasteiger partial charge in [0.15, 0.2) is 11.4 Å². The molecule has 1 atom stereocenters. The van der Waals surface area contributed by atoms with Gasteiger partial charge in [-0.15, -0.1) is 0 Å². The molecule has 0 saturated carbocycles. The van der Waals surface area contributed by atoms with Gasteiger partial charge in [0.25, 0.3) is 5.91 Å². The number of aryl methyl sites for hydroxylation is 1. The molecule has 8 heteroatoms. The van der Waals surface area contributed by atoms with Gasteiger partial charge in [0.1, 0.15) is 19.0 Å². The summed E-state index contributed by atoms with van der Waals surface area (Å²) in [5.74, 6) is 5.22. The number of aromatic nitrogens is 1. The molecule has 1 fully saturated rings. The van der Waals surface area contributed by atoms with Gasteiger partial charge >= 0.3 is 6.03 Å². The number of fused-ring (bicyclic) bond motifs is 1. The highest BCUT2D eigenvalue weighted by Gasteiger charge is 2.48. The molecule has 3 amide bonds. The van der Waals surface area contributed by atoms with Crippen molar-refractivity contribution in [3.05, 3.63) is 59.8 Å². The summed E-state index contributed by atoms with van der Waals surface area (Å²) in [5, 5.41) is 25.8. The Balaban J connectivity index is 1.69. The summed E-state index contributed by atoms with van der Waals surface area (Å²) in [4.78, 5) is 24.8. The number of nitrogens with one attached hydrogen (secondary N) is 2.